The molecular weight excluding hydrogens is 436 g/mol. The number of nitrogens with one attached hydrogen (secondary N) is 1. The molecule has 4 rings (SSSR count). The number of carbonyl (C=O) groups is 1. The van der Waals surface area contributed by atoms with Crippen molar-refractivity contribution >= 4 is 5.91 Å². The molecule has 0 atom stereocenters. The molecule has 0 aliphatic heterocycles. The van der Waals surface area contributed by atoms with Crippen molar-refractivity contribution in [1.29, 1.82) is 5.26 Å². The Balaban J connectivity index is 1.64. The fourth-order valence-electron chi connectivity index (χ4n) is 3.44. The van der Waals surface area contributed by atoms with Gasteiger partial charge in [-0.05, 0) is 72.9 Å². The van der Waals surface area contributed by atoms with Gasteiger partial charge in [-0.25, -0.2) is 4.39 Å². The van der Waals surface area contributed by atoms with Gasteiger partial charge in [-0.1, -0.05) is 12.1 Å². The molecule has 1 N–H and O–H groups in total. The van der Waals surface area contributed by atoms with Gasteiger partial charge < -0.3 is 10.1 Å². The second-order valence-corrected chi connectivity index (χ2v) is 7.76. The quantitative estimate of drug-likeness (QED) is 0.444. The molecule has 0 aromatic heterocycles. The van der Waals surface area contributed by atoms with Crippen molar-refractivity contribution < 1.29 is 27.1 Å². The highest BCUT2D eigenvalue weighted by molar-refractivity contribution is 5.97. The van der Waals surface area contributed by atoms with E-state index in [-0.39, 0.29) is 29.5 Å². The summed E-state index contributed by atoms with van der Waals surface area (Å²) in [4.78, 5) is 12.8. The van der Waals surface area contributed by atoms with E-state index in [4.69, 9.17) is 10.00 Å². The molecule has 8 heteroatoms. The van der Waals surface area contributed by atoms with Crippen LogP contribution in [0.5, 0.6) is 11.5 Å². The van der Waals surface area contributed by atoms with E-state index < -0.39 is 23.5 Å². The Morgan fingerprint density at radius 3 is 2.55 bits per heavy atom. The number of nitrogens with zero attached hydrogens (tertiary/aromatic N) is 1. The van der Waals surface area contributed by atoms with Crippen LogP contribution in [0.1, 0.15) is 51.4 Å². The summed E-state index contributed by atoms with van der Waals surface area (Å²) in [5, 5.41) is 11.6. The van der Waals surface area contributed by atoms with Crippen molar-refractivity contribution in [1.82, 2.24) is 5.32 Å². The molecular formula is C25H18F4N2O2. The monoisotopic (exact) mass is 454 g/mol. The normalized spacial score (nSPS) is 13.3. The summed E-state index contributed by atoms with van der Waals surface area (Å²) in [5.74, 6) is -1.09. The van der Waals surface area contributed by atoms with Crippen molar-refractivity contribution in [2.45, 2.75) is 31.5 Å². The SMILES string of the molecule is N#Cc1cccc(CNC(=O)c2ccc(C(F)(F)F)cc2Oc2ccc(F)cc2C2CC2)c1. The van der Waals surface area contributed by atoms with E-state index in [0.29, 0.717) is 16.7 Å². The number of alkyl halides is 3. The van der Waals surface area contributed by atoms with Gasteiger partial charge in [-0.2, -0.15) is 18.4 Å². The zero-order valence-corrected chi connectivity index (χ0v) is 17.2. The molecule has 1 aliphatic carbocycles. The molecule has 1 aliphatic rings. The maximum absolute atomic E-state index is 13.7. The summed E-state index contributed by atoms with van der Waals surface area (Å²) in [5.41, 5.74) is 0.582. The standard InChI is InChI=1S/C25H18F4N2O2/c26-19-7-9-22(21(12-19)17-4-5-17)33-23-11-18(25(27,28)29)6-8-20(23)24(32)31-14-16-3-1-2-15(10-16)13-30/h1-3,6-12,17H,4-5,14H2,(H,31,32). The maximum Gasteiger partial charge on any atom is 0.416 e. The van der Waals surface area contributed by atoms with Crippen LogP contribution >= 0.6 is 0 Å². The summed E-state index contributed by atoms with van der Waals surface area (Å²) in [6, 6.07) is 15.1. The average molecular weight is 454 g/mol. The highest BCUT2D eigenvalue weighted by Crippen LogP contribution is 2.46. The minimum absolute atomic E-state index is 0.0681. The van der Waals surface area contributed by atoms with Crippen LogP contribution in [0.25, 0.3) is 0 Å². The van der Waals surface area contributed by atoms with Crippen molar-refractivity contribution in [2.75, 3.05) is 0 Å². The van der Waals surface area contributed by atoms with Gasteiger partial charge in [-0.15, -0.1) is 0 Å². The zero-order valence-electron chi connectivity index (χ0n) is 17.2. The third kappa shape index (κ3) is 5.32. The van der Waals surface area contributed by atoms with Crippen molar-refractivity contribution in [3.63, 3.8) is 0 Å². The lowest BCUT2D eigenvalue weighted by Crippen LogP contribution is -2.23. The minimum atomic E-state index is -4.63. The van der Waals surface area contributed by atoms with Crippen molar-refractivity contribution in [2.24, 2.45) is 0 Å². The van der Waals surface area contributed by atoms with E-state index in [1.807, 2.05) is 6.07 Å². The summed E-state index contributed by atoms with van der Waals surface area (Å²) in [6.07, 6.45) is -2.97. The van der Waals surface area contributed by atoms with Crippen LogP contribution in [-0.4, -0.2) is 5.91 Å². The first kappa shape index (κ1) is 22.3. The molecule has 0 bridgehead atoms. The third-order valence-corrected chi connectivity index (χ3v) is 5.27. The Bertz CT molecular complexity index is 1240. The molecule has 0 saturated heterocycles. The van der Waals surface area contributed by atoms with Gasteiger partial charge in [0.15, 0.2) is 0 Å². The number of nitriles is 1. The van der Waals surface area contributed by atoms with Crippen LogP contribution in [0.15, 0.2) is 60.7 Å². The average Bonchev–Trinajstić information content (AvgIpc) is 3.63. The van der Waals surface area contributed by atoms with Gasteiger partial charge in [0.05, 0.1) is 22.8 Å². The molecule has 3 aromatic rings. The summed E-state index contributed by atoms with van der Waals surface area (Å²) >= 11 is 0. The summed E-state index contributed by atoms with van der Waals surface area (Å²) < 4.78 is 59.5. The Morgan fingerprint density at radius 2 is 1.85 bits per heavy atom. The Morgan fingerprint density at radius 1 is 1.06 bits per heavy atom. The molecule has 0 radical (unpaired) electrons. The fraction of sp³-hybridized carbons (Fsp3) is 0.200. The molecule has 3 aromatic carbocycles. The van der Waals surface area contributed by atoms with E-state index in [0.717, 1.165) is 37.1 Å². The molecule has 1 saturated carbocycles. The highest BCUT2D eigenvalue weighted by Gasteiger charge is 2.33. The van der Waals surface area contributed by atoms with Crippen molar-refractivity contribution in [3.05, 3.63) is 94.3 Å². The fourth-order valence-corrected chi connectivity index (χ4v) is 3.44. The number of carbonyl (C=O) groups excluding carboxylic acids is 1. The van der Waals surface area contributed by atoms with Crippen LogP contribution in [-0.2, 0) is 12.7 Å². The number of hydrogen-bond donors (Lipinski definition) is 1. The number of rotatable bonds is 6. The Hall–Kier alpha value is -3.86. The van der Waals surface area contributed by atoms with Gasteiger partial charge in [0.2, 0.25) is 0 Å². The van der Waals surface area contributed by atoms with E-state index in [9.17, 15) is 22.4 Å². The molecule has 0 heterocycles. The second-order valence-electron chi connectivity index (χ2n) is 7.76. The first-order valence-corrected chi connectivity index (χ1v) is 10.2. The Labute approximate surface area is 187 Å². The second kappa shape index (κ2) is 8.94. The van der Waals surface area contributed by atoms with Gasteiger partial charge in [0.25, 0.3) is 5.91 Å². The summed E-state index contributed by atoms with van der Waals surface area (Å²) in [7, 11) is 0. The van der Waals surface area contributed by atoms with Crippen LogP contribution in [0, 0.1) is 17.1 Å². The topological polar surface area (TPSA) is 62.1 Å². The molecule has 168 valence electrons. The molecule has 4 nitrogen and oxygen atoms in total. The number of halogens is 4. The third-order valence-electron chi connectivity index (χ3n) is 5.27. The van der Waals surface area contributed by atoms with E-state index in [2.05, 4.69) is 5.32 Å². The Kier molecular flexibility index (Phi) is 6.05. The van der Waals surface area contributed by atoms with Crippen LogP contribution in [0.4, 0.5) is 17.6 Å². The largest absolute Gasteiger partial charge is 0.456 e. The first-order chi connectivity index (χ1) is 15.7. The molecule has 1 amide bonds. The highest BCUT2D eigenvalue weighted by atomic mass is 19.4. The number of amides is 1. The smallest absolute Gasteiger partial charge is 0.416 e. The lowest BCUT2D eigenvalue weighted by molar-refractivity contribution is -0.137. The molecule has 1 fully saturated rings. The zero-order chi connectivity index (χ0) is 23.6. The predicted octanol–water partition coefficient (Wildman–Crippen LogP) is 6.32. The van der Waals surface area contributed by atoms with E-state index in [1.54, 1.807) is 24.3 Å². The minimum Gasteiger partial charge on any atom is -0.456 e. The maximum atomic E-state index is 13.7. The lowest BCUT2D eigenvalue weighted by Gasteiger charge is -2.16. The molecule has 0 unspecified atom stereocenters. The predicted molar refractivity (Wildman–Crippen MR) is 112 cm³/mol. The van der Waals surface area contributed by atoms with Gasteiger partial charge in [-0.3, -0.25) is 4.79 Å². The van der Waals surface area contributed by atoms with Gasteiger partial charge in [0.1, 0.15) is 17.3 Å². The lowest BCUT2D eigenvalue weighted by atomic mass is 10.1. The van der Waals surface area contributed by atoms with Crippen molar-refractivity contribution in [3.8, 4) is 17.6 Å². The molecule has 33 heavy (non-hydrogen) atoms. The number of hydrogen-bond acceptors (Lipinski definition) is 3. The van der Waals surface area contributed by atoms with Gasteiger partial charge in [0, 0.05) is 12.1 Å². The number of benzene rings is 3. The molecule has 0 spiro atoms. The van der Waals surface area contributed by atoms with Crippen LogP contribution < -0.4 is 10.1 Å². The van der Waals surface area contributed by atoms with Crippen LogP contribution in [0.2, 0.25) is 0 Å². The van der Waals surface area contributed by atoms with E-state index in [1.165, 1.54) is 12.1 Å². The van der Waals surface area contributed by atoms with E-state index >= 15 is 0 Å². The summed E-state index contributed by atoms with van der Waals surface area (Å²) in [6.45, 7) is 0.0681. The van der Waals surface area contributed by atoms with Crippen LogP contribution in [0.3, 0.4) is 0 Å². The first-order valence-electron chi connectivity index (χ1n) is 10.2. The van der Waals surface area contributed by atoms with Gasteiger partial charge >= 0.3 is 6.18 Å². The number of ether oxygens (including phenoxy) is 1.